The topological polar surface area (TPSA) is 160 Å². The Balaban J connectivity index is 1.30. The Morgan fingerprint density at radius 2 is 0.979 bits per heavy atom. The highest BCUT2D eigenvalue weighted by Crippen LogP contribution is 2.24. The van der Waals surface area contributed by atoms with Crippen LogP contribution >= 0.6 is 0 Å². The summed E-state index contributed by atoms with van der Waals surface area (Å²) in [5, 5.41) is 5.29. The molecule has 234 valence electrons. The van der Waals surface area contributed by atoms with Gasteiger partial charge in [-0.2, -0.15) is 15.0 Å². The van der Waals surface area contributed by atoms with Crippen LogP contribution in [0.25, 0.3) is 22.3 Å². The van der Waals surface area contributed by atoms with Crippen molar-refractivity contribution in [3.8, 4) is 22.3 Å². The maximum Gasteiger partial charge on any atom is 0.260 e. The zero-order chi connectivity index (χ0) is 32.9. The summed E-state index contributed by atoms with van der Waals surface area (Å²) in [7, 11) is 1.69. The van der Waals surface area contributed by atoms with Crippen LogP contribution in [0.1, 0.15) is 60.1 Å². The van der Waals surface area contributed by atoms with E-state index in [1.807, 2.05) is 0 Å². The third-order valence-electron chi connectivity index (χ3n) is 7.90. The summed E-state index contributed by atoms with van der Waals surface area (Å²) < 4.78 is 0. The SMILES string of the molecule is CNc1nc(N)nc(CCCCN2C(=O)c3ccc(cc3)-c3ccc(cc3)C(=O)NC(=O)c3ccc(cc3)-c3ccc(cc3)C2=O)n1. The molecule has 4 aromatic carbocycles. The molecule has 12 rings (SSSR count). The third kappa shape index (κ3) is 6.89. The quantitative estimate of drug-likeness (QED) is 0.174. The van der Waals surface area contributed by atoms with Gasteiger partial charge in [0.05, 0.1) is 0 Å². The standard InChI is InChI=1S/C36H31N7O4/c1-38-36-40-30(39-35(37)42-36)4-2-3-21-43-33(46)28-17-9-24(10-18-28)22-5-13-26(14-6-22)31(44)41-32(45)27-15-7-23(8-16-27)25-11-19-29(20-12-25)34(43)47/h5-20H,2-4,21H2,1H3,(H,41,44,45)(H3,37,38,39,40,42). The van der Waals surface area contributed by atoms with Crippen molar-refractivity contribution >= 4 is 35.5 Å². The fourth-order valence-corrected chi connectivity index (χ4v) is 5.31. The van der Waals surface area contributed by atoms with Crippen LogP contribution in [0.15, 0.2) is 97.1 Å². The summed E-state index contributed by atoms with van der Waals surface area (Å²) in [4.78, 5) is 67.0. The molecule has 0 aliphatic carbocycles. The van der Waals surface area contributed by atoms with Crippen LogP contribution in [0.5, 0.6) is 0 Å². The first-order valence-electron chi connectivity index (χ1n) is 15.1. The monoisotopic (exact) mass is 625 g/mol. The number of anilines is 2. The molecule has 0 unspecified atom stereocenters. The van der Waals surface area contributed by atoms with E-state index in [1.54, 1.807) is 104 Å². The summed E-state index contributed by atoms with van der Waals surface area (Å²) >= 11 is 0. The number of aromatic nitrogens is 3. The van der Waals surface area contributed by atoms with E-state index in [0.29, 0.717) is 53.3 Å². The Kier molecular flexibility index (Phi) is 8.78. The molecule has 8 bridgehead atoms. The van der Waals surface area contributed by atoms with Crippen LogP contribution in [0.3, 0.4) is 0 Å². The molecule has 5 aromatic rings. The highest BCUT2D eigenvalue weighted by Gasteiger charge is 2.24. The van der Waals surface area contributed by atoms with Crippen molar-refractivity contribution in [1.82, 2.24) is 25.2 Å². The fraction of sp³-hybridized carbons (Fsp3) is 0.139. The normalized spacial score (nSPS) is 13.1. The van der Waals surface area contributed by atoms with E-state index in [9.17, 15) is 19.2 Å². The number of nitrogens with one attached hydrogen (secondary N) is 2. The number of aryl methyl sites for hydroxylation is 1. The van der Waals surface area contributed by atoms with Gasteiger partial charge >= 0.3 is 0 Å². The van der Waals surface area contributed by atoms with E-state index in [0.717, 1.165) is 22.3 Å². The lowest BCUT2D eigenvalue weighted by Crippen LogP contribution is -2.37. The molecule has 0 radical (unpaired) electrons. The summed E-state index contributed by atoms with van der Waals surface area (Å²) in [5.41, 5.74) is 10.5. The molecule has 4 N–H and O–H groups in total. The highest BCUT2D eigenvalue weighted by atomic mass is 16.2. The first-order valence-corrected chi connectivity index (χ1v) is 15.1. The van der Waals surface area contributed by atoms with E-state index in [1.165, 1.54) is 4.90 Å². The number of amides is 4. The van der Waals surface area contributed by atoms with E-state index in [4.69, 9.17) is 5.73 Å². The van der Waals surface area contributed by atoms with E-state index in [-0.39, 0.29) is 12.5 Å². The van der Waals surface area contributed by atoms with Crippen LogP contribution in [0.2, 0.25) is 0 Å². The third-order valence-corrected chi connectivity index (χ3v) is 7.90. The summed E-state index contributed by atoms with van der Waals surface area (Å²) in [6, 6.07) is 27.6. The number of hydrogen-bond acceptors (Lipinski definition) is 9. The smallest absolute Gasteiger partial charge is 0.260 e. The molecule has 1 aromatic heterocycles. The molecule has 7 aliphatic heterocycles. The second-order valence-electron chi connectivity index (χ2n) is 11.0. The second-order valence-corrected chi connectivity index (χ2v) is 11.0. The number of nitrogens with two attached hydrogens (primary N) is 1. The van der Waals surface area contributed by atoms with Crippen molar-refractivity contribution in [3.63, 3.8) is 0 Å². The Hall–Kier alpha value is -6.23. The van der Waals surface area contributed by atoms with Gasteiger partial charge in [0.2, 0.25) is 11.9 Å². The molecule has 0 spiro atoms. The Morgan fingerprint density at radius 3 is 1.40 bits per heavy atom. The van der Waals surface area contributed by atoms with Crippen LogP contribution in [-0.4, -0.2) is 57.1 Å². The van der Waals surface area contributed by atoms with Crippen LogP contribution < -0.4 is 16.4 Å². The number of benzene rings is 4. The van der Waals surface area contributed by atoms with Gasteiger partial charge in [-0.05, 0) is 83.6 Å². The van der Waals surface area contributed by atoms with Gasteiger partial charge in [0.25, 0.3) is 23.6 Å². The first kappa shape index (κ1) is 30.8. The minimum Gasteiger partial charge on any atom is -0.368 e. The van der Waals surface area contributed by atoms with Gasteiger partial charge in [-0.1, -0.05) is 48.5 Å². The number of nitrogen functional groups attached to an aromatic ring is 1. The van der Waals surface area contributed by atoms with Gasteiger partial charge in [-0.3, -0.25) is 29.4 Å². The molecule has 4 amide bonds. The molecular formula is C36H31N7O4. The number of carbonyl (C=O) groups is 4. The maximum atomic E-state index is 13.8. The first-order chi connectivity index (χ1) is 22.8. The Morgan fingerprint density at radius 1 is 0.574 bits per heavy atom. The molecule has 47 heavy (non-hydrogen) atoms. The molecule has 11 heteroatoms. The largest absolute Gasteiger partial charge is 0.368 e. The Labute approximate surface area is 270 Å². The van der Waals surface area contributed by atoms with Crippen molar-refractivity contribution in [1.29, 1.82) is 0 Å². The van der Waals surface area contributed by atoms with Crippen LogP contribution in [-0.2, 0) is 6.42 Å². The number of rotatable bonds is 6. The minimum absolute atomic E-state index is 0.118. The zero-order valence-corrected chi connectivity index (χ0v) is 25.6. The number of nitrogens with zero attached hydrogens (tertiary/aromatic N) is 4. The maximum absolute atomic E-state index is 13.8. The fourth-order valence-electron chi connectivity index (χ4n) is 5.31. The van der Waals surface area contributed by atoms with Gasteiger partial charge in [0.15, 0.2) is 0 Å². The number of carbonyl (C=O) groups excluding carboxylic acids is 4. The van der Waals surface area contributed by atoms with Gasteiger partial charge < -0.3 is 11.1 Å². The van der Waals surface area contributed by atoms with Crippen molar-refractivity contribution in [2.24, 2.45) is 0 Å². The molecular weight excluding hydrogens is 594 g/mol. The van der Waals surface area contributed by atoms with Gasteiger partial charge in [-0.25, -0.2) is 0 Å². The summed E-state index contributed by atoms with van der Waals surface area (Å²) in [6.07, 6.45) is 1.61. The zero-order valence-electron chi connectivity index (χ0n) is 25.6. The van der Waals surface area contributed by atoms with Crippen molar-refractivity contribution in [2.45, 2.75) is 19.3 Å². The minimum atomic E-state index is -0.505. The average Bonchev–Trinajstić information content (AvgIpc) is 3.11. The molecule has 11 nitrogen and oxygen atoms in total. The van der Waals surface area contributed by atoms with Crippen molar-refractivity contribution < 1.29 is 19.2 Å². The summed E-state index contributed by atoms with van der Waals surface area (Å²) in [5.74, 6) is -0.825. The van der Waals surface area contributed by atoms with Gasteiger partial charge in [0.1, 0.15) is 5.82 Å². The van der Waals surface area contributed by atoms with Crippen LogP contribution in [0.4, 0.5) is 11.9 Å². The molecule has 0 saturated carbocycles. The van der Waals surface area contributed by atoms with Crippen LogP contribution in [0, 0.1) is 0 Å². The lowest BCUT2D eigenvalue weighted by Gasteiger charge is -2.21. The molecule has 8 heterocycles. The second kappa shape index (κ2) is 13.4. The molecule has 0 fully saturated rings. The molecule has 0 saturated heterocycles. The predicted molar refractivity (Wildman–Crippen MR) is 178 cm³/mol. The van der Waals surface area contributed by atoms with E-state index >= 15 is 0 Å². The highest BCUT2D eigenvalue weighted by molar-refractivity contribution is 6.11. The lowest BCUT2D eigenvalue weighted by molar-refractivity contribution is 0.0612. The molecule has 0 atom stereocenters. The van der Waals surface area contributed by atoms with E-state index in [2.05, 4.69) is 25.6 Å². The van der Waals surface area contributed by atoms with Crippen molar-refractivity contribution in [2.75, 3.05) is 24.6 Å². The van der Waals surface area contributed by atoms with Gasteiger partial charge in [-0.15, -0.1) is 0 Å². The summed E-state index contributed by atoms with van der Waals surface area (Å²) in [6.45, 7) is 0.180. The number of imide groups is 2. The van der Waals surface area contributed by atoms with E-state index < -0.39 is 23.6 Å². The van der Waals surface area contributed by atoms with Crippen molar-refractivity contribution in [3.05, 3.63) is 125 Å². The Bertz CT molecular complexity index is 1840. The average molecular weight is 626 g/mol. The lowest BCUT2D eigenvalue weighted by atomic mass is 10.0. The molecule has 7 aliphatic rings. The number of unbranched alkanes of at least 4 members (excludes halogenated alkanes) is 1. The number of hydrogen-bond donors (Lipinski definition) is 3. The van der Waals surface area contributed by atoms with Gasteiger partial charge in [0, 0.05) is 42.3 Å². The predicted octanol–water partition coefficient (Wildman–Crippen LogP) is 5.02.